The lowest BCUT2D eigenvalue weighted by atomic mass is 10.0. The van der Waals surface area contributed by atoms with Gasteiger partial charge in [0.2, 0.25) is 0 Å². The molecule has 0 saturated carbocycles. The Bertz CT molecular complexity index is 346. The van der Waals surface area contributed by atoms with Crippen LogP contribution in [0.25, 0.3) is 0 Å². The number of carbonyl (C=O) groups is 2. The minimum atomic E-state index is -1.00. The summed E-state index contributed by atoms with van der Waals surface area (Å²) in [5.74, 6) is -0.708. The monoisotopic (exact) mass is 388 g/mol. The van der Waals surface area contributed by atoms with Crippen molar-refractivity contribution in [3.63, 3.8) is 0 Å². The zero-order valence-corrected chi connectivity index (χ0v) is 17.5. The molecule has 0 aromatic heterocycles. The minimum Gasteiger partial charge on any atom is -0.432 e. The highest BCUT2D eigenvalue weighted by atomic mass is 17.5. The molecule has 0 radical (unpaired) electrons. The molecule has 0 fully saturated rings. The van der Waals surface area contributed by atoms with E-state index in [0.29, 0.717) is 0 Å². The summed E-state index contributed by atoms with van der Waals surface area (Å²) >= 11 is 0. The molecule has 27 heavy (non-hydrogen) atoms. The summed E-state index contributed by atoms with van der Waals surface area (Å²) < 4.78 is 4.77. The van der Waals surface area contributed by atoms with Gasteiger partial charge in [0, 0.05) is 12.0 Å². The van der Waals surface area contributed by atoms with Crippen LogP contribution in [0.1, 0.15) is 117 Å². The van der Waals surface area contributed by atoms with E-state index in [0.717, 1.165) is 26.2 Å². The average molecular weight is 389 g/mol. The van der Waals surface area contributed by atoms with Crippen LogP contribution in [-0.4, -0.2) is 18.7 Å². The Morgan fingerprint density at radius 1 is 0.593 bits per heavy atom. The maximum Gasteiger partial charge on any atom is 0.543 e. The van der Waals surface area contributed by atoms with Crippen LogP contribution in [0.4, 0.5) is 4.79 Å². The molecule has 0 bridgehead atoms. The summed E-state index contributed by atoms with van der Waals surface area (Å²) in [4.78, 5) is 29.5. The first kappa shape index (κ1) is 25.7. The van der Waals surface area contributed by atoms with Crippen molar-refractivity contribution in [2.45, 2.75) is 117 Å². The molecule has 6 heteroatoms. The first-order valence-corrected chi connectivity index (χ1v) is 10.8. The Hall–Kier alpha value is -1.30. The van der Waals surface area contributed by atoms with E-state index >= 15 is 0 Å². The Morgan fingerprint density at radius 2 is 1.00 bits per heavy atom. The lowest BCUT2D eigenvalue weighted by Crippen LogP contribution is -2.11. The SMILES string of the molecule is CCCCCCCCCCCCCCCCCCOC(=O)OOOC(C)=O. The normalized spacial score (nSPS) is 10.6. The molecule has 0 aliphatic heterocycles. The Morgan fingerprint density at radius 3 is 1.41 bits per heavy atom. The Balaban J connectivity index is 3.10. The third kappa shape index (κ3) is 22.7. The first-order valence-electron chi connectivity index (χ1n) is 10.8. The van der Waals surface area contributed by atoms with Crippen LogP contribution in [0, 0.1) is 0 Å². The Kier molecular flexibility index (Phi) is 20.0. The second-order valence-electron chi connectivity index (χ2n) is 7.13. The van der Waals surface area contributed by atoms with Crippen molar-refractivity contribution in [2.75, 3.05) is 6.61 Å². The fourth-order valence-electron chi connectivity index (χ4n) is 2.92. The highest BCUT2D eigenvalue weighted by molar-refractivity contribution is 5.65. The van der Waals surface area contributed by atoms with Crippen molar-refractivity contribution in [1.82, 2.24) is 0 Å². The number of ether oxygens (including phenoxy) is 1. The van der Waals surface area contributed by atoms with Gasteiger partial charge < -0.3 is 4.74 Å². The van der Waals surface area contributed by atoms with E-state index in [1.807, 2.05) is 0 Å². The van der Waals surface area contributed by atoms with Crippen LogP contribution in [0.2, 0.25) is 0 Å². The summed E-state index contributed by atoms with van der Waals surface area (Å²) in [6.45, 7) is 3.67. The molecule has 6 nitrogen and oxygen atoms in total. The van der Waals surface area contributed by atoms with Gasteiger partial charge in [-0.1, -0.05) is 103 Å². The second-order valence-corrected chi connectivity index (χ2v) is 7.13. The number of rotatable bonds is 19. The van der Waals surface area contributed by atoms with Gasteiger partial charge in [-0.05, 0) is 6.42 Å². The van der Waals surface area contributed by atoms with E-state index < -0.39 is 12.1 Å². The van der Waals surface area contributed by atoms with Crippen LogP contribution in [0.5, 0.6) is 0 Å². The molecule has 0 rings (SSSR count). The van der Waals surface area contributed by atoms with Crippen molar-refractivity contribution in [3.8, 4) is 0 Å². The molecule has 0 aliphatic carbocycles. The number of hydrogen-bond acceptors (Lipinski definition) is 6. The van der Waals surface area contributed by atoms with E-state index in [2.05, 4.69) is 21.7 Å². The smallest absolute Gasteiger partial charge is 0.432 e. The molecule has 0 heterocycles. The number of unbranched alkanes of at least 4 members (excludes halogenated alkanes) is 15. The predicted molar refractivity (Wildman–Crippen MR) is 105 cm³/mol. The maximum absolute atomic E-state index is 11.0. The highest BCUT2D eigenvalue weighted by Crippen LogP contribution is 2.13. The minimum absolute atomic E-state index is 0.278. The molecule has 0 spiro atoms. The van der Waals surface area contributed by atoms with Gasteiger partial charge in [0.05, 0.1) is 6.61 Å². The molecular weight excluding hydrogens is 348 g/mol. The molecule has 0 aromatic carbocycles. The van der Waals surface area contributed by atoms with Crippen LogP contribution < -0.4 is 0 Å². The molecule has 0 amide bonds. The standard InChI is InChI=1S/C21H40O6/c1-3-4-5-6-7-8-9-10-11-12-13-14-15-16-17-18-19-24-21(23)26-27-25-20(2)22/h3-19H2,1-2H3. The van der Waals surface area contributed by atoms with Gasteiger partial charge in [-0.25, -0.2) is 14.5 Å². The average Bonchev–Trinajstić information content (AvgIpc) is 2.64. The molecule has 0 atom stereocenters. The fraction of sp³-hybridized carbons (Fsp3) is 0.905. The van der Waals surface area contributed by atoms with Gasteiger partial charge in [-0.3, -0.25) is 4.89 Å². The molecule has 160 valence electrons. The van der Waals surface area contributed by atoms with Gasteiger partial charge in [-0.15, -0.1) is 0 Å². The van der Waals surface area contributed by atoms with E-state index in [4.69, 9.17) is 4.74 Å². The quantitative estimate of drug-likeness (QED) is 0.105. The zero-order chi connectivity index (χ0) is 20.0. The lowest BCUT2D eigenvalue weighted by molar-refractivity contribution is -0.458. The van der Waals surface area contributed by atoms with Crippen molar-refractivity contribution in [2.24, 2.45) is 0 Å². The topological polar surface area (TPSA) is 71.1 Å². The maximum atomic E-state index is 11.0. The summed E-state index contributed by atoms with van der Waals surface area (Å²) in [5.41, 5.74) is 0. The van der Waals surface area contributed by atoms with Crippen LogP contribution in [0.15, 0.2) is 0 Å². The molecular formula is C21H40O6. The summed E-state index contributed by atoms with van der Waals surface area (Å²) in [7, 11) is 0. The third-order valence-electron chi connectivity index (χ3n) is 4.47. The van der Waals surface area contributed by atoms with Crippen LogP contribution in [0.3, 0.4) is 0 Å². The molecule has 0 saturated heterocycles. The van der Waals surface area contributed by atoms with Gasteiger partial charge >= 0.3 is 12.1 Å². The number of hydrogen-bond donors (Lipinski definition) is 0. The fourth-order valence-corrected chi connectivity index (χ4v) is 2.92. The van der Waals surface area contributed by atoms with E-state index in [1.165, 1.54) is 83.5 Å². The van der Waals surface area contributed by atoms with E-state index in [1.54, 1.807) is 0 Å². The van der Waals surface area contributed by atoms with Gasteiger partial charge in [0.1, 0.15) is 0 Å². The van der Waals surface area contributed by atoms with Crippen molar-refractivity contribution >= 4 is 12.1 Å². The van der Waals surface area contributed by atoms with Crippen molar-refractivity contribution in [3.05, 3.63) is 0 Å². The zero-order valence-electron chi connectivity index (χ0n) is 17.5. The van der Waals surface area contributed by atoms with Crippen molar-refractivity contribution in [1.29, 1.82) is 0 Å². The lowest BCUT2D eigenvalue weighted by Gasteiger charge is -2.04. The summed E-state index contributed by atoms with van der Waals surface area (Å²) in [6.07, 6.45) is 19.7. The second kappa shape index (κ2) is 21.0. The predicted octanol–water partition coefficient (Wildman–Crippen LogP) is 6.81. The summed E-state index contributed by atoms with van der Waals surface area (Å²) in [6, 6.07) is 0. The van der Waals surface area contributed by atoms with Crippen LogP contribution >= 0.6 is 0 Å². The van der Waals surface area contributed by atoms with Gasteiger partial charge in [-0.2, -0.15) is 0 Å². The largest absolute Gasteiger partial charge is 0.543 e. The molecule has 0 aromatic rings. The third-order valence-corrected chi connectivity index (χ3v) is 4.47. The first-order chi connectivity index (χ1) is 13.2. The Labute approximate surface area is 165 Å². The molecule has 0 unspecified atom stereocenters. The summed E-state index contributed by atoms with van der Waals surface area (Å²) in [5, 5.41) is 3.92. The molecule has 0 N–H and O–H groups in total. The van der Waals surface area contributed by atoms with Gasteiger partial charge in [0.25, 0.3) is 0 Å². The number of carbonyl (C=O) groups excluding carboxylic acids is 2. The van der Waals surface area contributed by atoms with E-state index in [9.17, 15) is 9.59 Å². The van der Waals surface area contributed by atoms with E-state index in [-0.39, 0.29) is 6.61 Å². The van der Waals surface area contributed by atoms with Crippen LogP contribution in [-0.2, 0) is 24.3 Å². The van der Waals surface area contributed by atoms with Gasteiger partial charge in [0.15, 0.2) is 0 Å². The molecule has 0 aliphatic rings. The van der Waals surface area contributed by atoms with Crippen molar-refractivity contribution < 1.29 is 29.1 Å². The highest BCUT2D eigenvalue weighted by Gasteiger charge is 2.06.